The van der Waals surface area contributed by atoms with Crippen LogP contribution in [0.4, 0.5) is 8.78 Å². The fourth-order valence-corrected chi connectivity index (χ4v) is 2.68. The third-order valence-corrected chi connectivity index (χ3v) is 4.02. The van der Waals surface area contributed by atoms with Crippen molar-refractivity contribution in [3.8, 4) is 11.5 Å². The van der Waals surface area contributed by atoms with Gasteiger partial charge in [0.05, 0.1) is 7.11 Å². The summed E-state index contributed by atoms with van der Waals surface area (Å²) in [6.07, 6.45) is 3.75. The first-order chi connectivity index (χ1) is 11.6. The quantitative estimate of drug-likeness (QED) is 0.736. The van der Waals surface area contributed by atoms with Crippen LogP contribution < -0.4 is 14.8 Å². The molecular weight excluding hydrogens is 336 g/mol. The van der Waals surface area contributed by atoms with Crippen LogP contribution in [-0.4, -0.2) is 26.2 Å². The molecule has 0 aliphatic heterocycles. The number of halogens is 2. The maximum Gasteiger partial charge on any atom is 0.387 e. The largest absolute Gasteiger partial charge is 0.493 e. The van der Waals surface area contributed by atoms with Crippen molar-refractivity contribution in [3.63, 3.8) is 0 Å². The number of carbonyl (C=O) groups is 1. The standard InChI is InChI=1S/C17H17F2NO3S/c1-22-15-11-12(4-6-14(15)23-17(18)19)5-7-16(21)20-9-8-13-3-2-10-24-13/h2-7,10-11,17H,8-9H2,1H3,(H,20,21). The summed E-state index contributed by atoms with van der Waals surface area (Å²) in [6.45, 7) is -2.37. The molecule has 128 valence electrons. The molecule has 2 aromatic rings. The van der Waals surface area contributed by atoms with E-state index < -0.39 is 6.61 Å². The van der Waals surface area contributed by atoms with E-state index in [9.17, 15) is 13.6 Å². The van der Waals surface area contributed by atoms with E-state index in [0.29, 0.717) is 12.1 Å². The first-order valence-electron chi connectivity index (χ1n) is 7.19. The average molecular weight is 353 g/mol. The Bertz CT molecular complexity index is 687. The minimum absolute atomic E-state index is 0.0509. The molecule has 1 heterocycles. The van der Waals surface area contributed by atoms with Crippen LogP contribution in [0.15, 0.2) is 41.8 Å². The SMILES string of the molecule is COc1cc(C=CC(=O)NCCc2cccs2)ccc1OC(F)F. The summed E-state index contributed by atoms with van der Waals surface area (Å²) in [6, 6.07) is 8.45. The van der Waals surface area contributed by atoms with Gasteiger partial charge in [0.25, 0.3) is 0 Å². The predicted molar refractivity (Wildman–Crippen MR) is 89.7 cm³/mol. The number of alkyl halides is 2. The molecule has 0 atom stereocenters. The van der Waals surface area contributed by atoms with Gasteiger partial charge in [-0.3, -0.25) is 4.79 Å². The van der Waals surface area contributed by atoms with Gasteiger partial charge in [0.1, 0.15) is 0 Å². The molecule has 2 rings (SSSR count). The number of hydrogen-bond acceptors (Lipinski definition) is 4. The number of hydrogen-bond donors (Lipinski definition) is 1. The van der Waals surface area contributed by atoms with E-state index in [2.05, 4.69) is 10.1 Å². The Morgan fingerprint density at radius 2 is 2.17 bits per heavy atom. The minimum Gasteiger partial charge on any atom is -0.493 e. The van der Waals surface area contributed by atoms with Crippen molar-refractivity contribution >= 4 is 23.3 Å². The van der Waals surface area contributed by atoms with Crippen LogP contribution in [0.25, 0.3) is 6.08 Å². The van der Waals surface area contributed by atoms with E-state index in [4.69, 9.17) is 4.74 Å². The van der Waals surface area contributed by atoms with Gasteiger partial charge in [0.2, 0.25) is 5.91 Å². The Morgan fingerprint density at radius 1 is 1.33 bits per heavy atom. The lowest BCUT2D eigenvalue weighted by atomic mass is 10.2. The molecule has 0 unspecified atom stereocenters. The van der Waals surface area contributed by atoms with Gasteiger partial charge >= 0.3 is 6.61 Å². The van der Waals surface area contributed by atoms with E-state index in [1.54, 1.807) is 23.5 Å². The van der Waals surface area contributed by atoms with Crippen LogP contribution in [0, 0.1) is 0 Å². The Kier molecular flexibility index (Phi) is 6.74. The maximum atomic E-state index is 12.3. The number of rotatable bonds is 8. The summed E-state index contributed by atoms with van der Waals surface area (Å²) in [5, 5.41) is 4.78. The van der Waals surface area contributed by atoms with Crippen LogP contribution in [0.5, 0.6) is 11.5 Å². The van der Waals surface area contributed by atoms with Crippen molar-refractivity contribution < 1.29 is 23.0 Å². The Morgan fingerprint density at radius 3 is 2.83 bits per heavy atom. The molecule has 0 bridgehead atoms. The van der Waals surface area contributed by atoms with Gasteiger partial charge in [-0.1, -0.05) is 12.1 Å². The lowest BCUT2D eigenvalue weighted by molar-refractivity contribution is -0.116. The second kappa shape index (κ2) is 9.02. The average Bonchev–Trinajstić information content (AvgIpc) is 3.06. The number of benzene rings is 1. The molecule has 0 saturated heterocycles. The molecule has 0 saturated carbocycles. The third-order valence-electron chi connectivity index (χ3n) is 3.08. The molecule has 24 heavy (non-hydrogen) atoms. The first-order valence-corrected chi connectivity index (χ1v) is 8.07. The van der Waals surface area contributed by atoms with Crippen LogP contribution in [0.1, 0.15) is 10.4 Å². The number of amides is 1. The highest BCUT2D eigenvalue weighted by Crippen LogP contribution is 2.29. The fraction of sp³-hybridized carbons (Fsp3) is 0.235. The van der Waals surface area contributed by atoms with Crippen LogP contribution in [0.3, 0.4) is 0 Å². The molecule has 4 nitrogen and oxygen atoms in total. The van der Waals surface area contributed by atoms with Crippen molar-refractivity contribution in [2.45, 2.75) is 13.0 Å². The molecule has 7 heteroatoms. The summed E-state index contributed by atoms with van der Waals surface area (Å²) < 4.78 is 33.9. The zero-order valence-corrected chi connectivity index (χ0v) is 13.8. The number of carbonyl (C=O) groups excluding carboxylic acids is 1. The van der Waals surface area contributed by atoms with E-state index in [-0.39, 0.29) is 17.4 Å². The molecule has 0 fully saturated rings. The van der Waals surface area contributed by atoms with Crippen LogP contribution >= 0.6 is 11.3 Å². The zero-order valence-electron chi connectivity index (χ0n) is 13.0. The van der Waals surface area contributed by atoms with E-state index in [1.165, 1.54) is 30.2 Å². The molecule has 0 radical (unpaired) electrons. The predicted octanol–water partition coefficient (Wildman–Crippen LogP) is 3.73. The topological polar surface area (TPSA) is 47.6 Å². The summed E-state index contributed by atoms with van der Waals surface area (Å²) in [5.41, 5.74) is 0.641. The maximum absolute atomic E-state index is 12.3. The van der Waals surface area contributed by atoms with Gasteiger partial charge in [-0.2, -0.15) is 8.78 Å². The third kappa shape index (κ3) is 5.66. The van der Waals surface area contributed by atoms with Gasteiger partial charge in [0, 0.05) is 17.5 Å². The lowest BCUT2D eigenvalue weighted by Gasteiger charge is -2.10. The summed E-state index contributed by atoms with van der Waals surface area (Å²) >= 11 is 1.65. The Balaban J connectivity index is 1.89. The Labute approximate surface area is 142 Å². The second-order valence-corrected chi connectivity index (χ2v) is 5.77. The van der Waals surface area contributed by atoms with Crippen molar-refractivity contribution in [2.75, 3.05) is 13.7 Å². The second-order valence-electron chi connectivity index (χ2n) is 4.74. The number of thiophene rings is 1. The van der Waals surface area contributed by atoms with Gasteiger partial charge in [-0.05, 0) is 41.6 Å². The van der Waals surface area contributed by atoms with Crippen molar-refractivity contribution in [2.24, 2.45) is 0 Å². The lowest BCUT2D eigenvalue weighted by Crippen LogP contribution is -2.23. The fourth-order valence-electron chi connectivity index (χ4n) is 1.98. The highest BCUT2D eigenvalue weighted by molar-refractivity contribution is 7.09. The molecular formula is C17H17F2NO3S. The molecule has 1 aromatic heterocycles. The summed E-state index contributed by atoms with van der Waals surface area (Å²) in [5.74, 6) is -0.0981. The zero-order chi connectivity index (χ0) is 17.4. The molecule has 0 aliphatic carbocycles. The molecule has 1 aromatic carbocycles. The highest BCUT2D eigenvalue weighted by atomic mass is 32.1. The van der Waals surface area contributed by atoms with Crippen molar-refractivity contribution in [1.82, 2.24) is 5.32 Å². The van der Waals surface area contributed by atoms with E-state index >= 15 is 0 Å². The first kappa shape index (κ1) is 17.9. The molecule has 1 amide bonds. The van der Waals surface area contributed by atoms with E-state index in [0.717, 1.165) is 6.42 Å². The van der Waals surface area contributed by atoms with Crippen molar-refractivity contribution in [3.05, 3.63) is 52.2 Å². The van der Waals surface area contributed by atoms with Crippen molar-refractivity contribution in [1.29, 1.82) is 0 Å². The molecule has 0 spiro atoms. The normalized spacial score (nSPS) is 11.0. The van der Waals surface area contributed by atoms with Crippen LogP contribution in [-0.2, 0) is 11.2 Å². The smallest absolute Gasteiger partial charge is 0.387 e. The number of methoxy groups -OCH3 is 1. The van der Waals surface area contributed by atoms with Gasteiger partial charge in [-0.15, -0.1) is 11.3 Å². The van der Waals surface area contributed by atoms with E-state index in [1.807, 2.05) is 17.5 Å². The summed E-state index contributed by atoms with van der Waals surface area (Å²) in [7, 11) is 1.36. The molecule has 0 aliphatic rings. The van der Waals surface area contributed by atoms with Gasteiger partial charge in [0.15, 0.2) is 11.5 Å². The Hall–Kier alpha value is -2.41. The van der Waals surface area contributed by atoms with Gasteiger partial charge in [-0.25, -0.2) is 0 Å². The highest BCUT2D eigenvalue weighted by Gasteiger charge is 2.10. The summed E-state index contributed by atoms with van der Waals surface area (Å²) in [4.78, 5) is 13.0. The minimum atomic E-state index is -2.92. The van der Waals surface area contributed by atoms with Crippen LogP contribution in [0.2, 0.25) is 0 Å². The molecule has 1 N–H and O–H groups in total. The number of ether oxygens (including phenoxy) is 2. The number of nitrogens with one attached hydrogen (secondary N) is 1. The van der Waals surface area contributed by atoms with Gasteiger partial charge < -0.3 is 14.8 Å². The monoisotopic (exact) mass is 353 g/mol.